The molecule has 0 fully saturated rings. The van der Waals surface area contributed by atoms with Crippen molar-refractivity contribution in [2.75, 3.05) is 6.61 Å². The number of hydrogen-bond donors (Lipinski definition) is 1. The van der Waals surface area contributed by atoms with Crippen molar-refractivity contribution in [3.8, 4) is 17.2 Å². The largest absolute Gasteiger partial charge is 0.482 e. The van der Waals surface area contributed by atoms with Crippen molar-refractivity contribution in [1.29, 1.82) is 0 Å². The van der Waals surface area contributed by atoms with E-state index < -0.39 is 5.97 Å². The molecule has 0 spiro atoms. The fourth-order valence-electron chi connectivity index (χ4n) is 2.10. The molecule has 3 rings (SSSR count). The number of fused-ring (bicyclic) bond motifs is 2. The zero-order valence-corrected chi connectivity index (χ0v) is 10.1. The number of hydrogen-bond acceptors (Lipinski definition) is 3. The first-order valence-electron chi connectivity index (χ1n) is 5.95. The summed E-state index contributed by atoms with van der Waals surface area (Å²) in [6.45, 7) is -0.337. The summed E-state index contributed by atoms with van der Waals surface area (Å²) < 4.78 is 11.0. The highest BCUT2D eigenvalue weighted by molar-refractivity contribution is 5.68. The first-order chi connectivity index (χ1) is 9.22. The van der Waals surface area contributed by atoms with E-state index in [1.54, 1.807) is 6.07 Å². The zero-order chi connectivity index (χ0) is 13.2. The van der Waals surface area contributed by atoms with Gasteiger partial charge in [0, 0.05) is 12.0 Å². The highest BCUT2D eigenvalue weighted by atomic mass is 16.5. The fourth-order valence-corrected chi connectivity index (χ4v) is 2.10. The van der Waals surface area contributed by atoms with Gasteiger partial charge in [0.1, 0.15) is 17.2 Å². The molecule has 0 bridgehead atoms. The third-order valence-electron chi connectivity index (χ3n) is 2.97. The molecule has 0 saturated carbocycles. The van der Waals surface area contributed by atoms with E-state index in [0.29, 0.717) is 5.75 Å². The lowest BCUT2D eigenvalue weighted by atomic mass is 10.0. The average Bonchev–Trinajstić information content (AvgIpc) is 2.42. The van der Waals surface area contributed by atoms with E-state index in [1.807, 2.05) is 36.4 Å². The predicted octanol–water partition coefficient (Wildman–Crippen LogP) is 2.85. The molecule has 0 saturated heterocycles. The Kier molecular flexibility index (Phi) is 2.83. The van der Waals surface area contributed by atoms with E-state index in [-0.39, 0.29) is 6.61 Å². The SMILES string of the molecule is O=C(O)COc1ccc2c(c1)Cc1ccccc1O2. The zero-order valence-electron chi connectivity index (χ0n) is 10.1. The average molecular weight is 256 g/mol. The van der Waals surface area contributed by atoms with Crippen LogP contribution in [0.5, 0.6) is 17.2 Å². The molecule has 0 atom stereocenters. The van der Waals surface area contributed by atoms with E-state index >= 15 is 0 Å². The number of aliphatic carboxylic acids is 1. The number of para-hydroxylation sites is 1. The van der Waals surface area contributed by atoms with Crippen LogP contribution in [-0.2, 0) is 11.2 Å². The first kappa shape index (κ1) is 11.6. The third kappa shape index (κ3) is 2.38. The summed E-state index contributed by atoms with van der Waals surface area (Å²) in [5.74, 6) is 1.22. The number of rotatable bonds is 3. The topological polar surface area (TPSA) is 55.8 Å². The third-order valence-corrected chi connectivity index (χ3v) is 2.97. The fraction of sp³-hybridized carbons (Fsp3) is 0.133. The number of ether oxygens (including phenoxy) is 2. The van der Waals surface area contributed by atoms with E-state index in [1.165, 1.54) is 0 Å². The molecule has 0 aliphatic carbocycles. The monoisotopic (exact) mass is 256 g/mol. The first-order valence-corrected chi connectivity index (χ1v) is 5.95. The van der Waals surface area contributed by atoms with Crippen LogP contribution in [0.25, 0.3) is 0 Å². The molecular weight excluding hydrogens is 244 g/mol. The van der Waals surface area contributed by atoms with Gasteiger partial charge >= 0.3 is 5.97 Å². The number of carboxylic acids is 1. The van der Waals surface area contributed by atoms with Crippen LogP contribution in [0.2, 0.25) is 0 Å². The van der Waals surface area contributed by atoms with Crippen molar-refractivity contribution in [1.82, 2.24) is 0 Å². The van der Waals surface area contributed by atoms with Crippen LogP contribution in [0.15, 0.2) is 42.5 Å². The Hall–Kier alpha value is -2.49. The Morgan fingerprint density at radius 1 is 1.16 bits per heavy atom. The number of carbonyl (C=O) groups is 1. The molecule has 0 aromatic heterocycles. The quantitative estimate of drug-likeness (QED) is 0.782. The Balaban J connectivity index is 1.85. The Morgan fingerprint density at radius 2 is 1.95 bits per heavy atom. The van der Waals surface area contributed by atoms with Gasteiger partial charge in [-0.05, 0) is 29.8 Å². The van der Waals surface area contributed by atoms with Crippen molar-refractivity contribution in [3.63, 3.8) is 0 Å². The smallest absolute Gasteiger partial charge is 0.341 e. The molecule has 4 nitrogen and oxygen atoms in total. The van der Waals surface area contributed by atoms with Gasteiger partial charge in [-0.2, -0.15) is 0 Å². The molecule has 0 amide bonds. The summed E-state index contributed by atoms with van der Waals surface area (Å²) in [6, 6.07) is 13.2. The summed E-state index contributed by atoms with van der Waals surface area (Å²) in [5, 5.41) is 8.59. The molecule has 1 heterocycles. The van der Waals surface area contributed by atoms with Crippen LogP contribution < -0.4 is 9.47 Å². The molecule has 1 aliphatic rings. The van der Waals surface area contributed by atoms with Gasteiger partial charge in [-0.15, -0.1) is 0 Å². The molecule has 19 heavy (non-hydrogen) atoms. The molecule has 1 aliphatic heterocycles. The van der Waals surface area contributed by atoms with Gasteiger partial charge in [0.25, 0.3) is 0 Å². The standard InChI is InChI=1S/C15H12O4/c16-15(17)9-18-12-5-6-14-11(8-12)7-10-3-1-2-4-13(10)19-14/h1-6,8H,7,9H2,(H,16,17). The van der Waals surface area contributed by atoms with Crippen LogP contribution in [0.1, 0.15) is 11.1 Å². The van der Waals surface area contributed by atoms with Crippen LogP contribution in [0, 0.1) is 0 Å². The molecule has 96 valence electrons. The Bertz CT molecular complexity index is 634. The molecule has 0 radical (unpaired) electrons. The minimum absolute atomic E-state index is 0.337. The van der Waals surface area contributed by atoms with Crippen molar-refractivity contribution >= 4 is 5.97 Å². The van der Waals surface area contributed by atoms with Crippen LogP contribution in [0.3, 0.4) is 0 Å². The van der Waals surface area contributed by atoms with Crippen molar-refractivity contribution in [2.45, 2.75) is 6.42 Å². The number of benzene rings is 2. The van der Waals surface area contributed by atoms with Crippen molar-refractivity contribution in [2.24, 2.45) is 0 Å². The van der Waals surface area contributed by atoms with Gasteiger partial charge in [-0.3, -0.25) is 0 Å². The minimum atomic E-state index is -0.987. The maximum absolute atomic E-state index is 10.5. The summed E-state index contributed by atoms with van der Waals surface area (Å²) >= 11 is 0. The second kappa shape index (κ2) is 4.65. The lowest BCUT2D eigenvalue weighted by Gasteiger charge is -2.20. The van der Waals surface area contributed by atoms with Crippen molar-refractivity contribution in [3.05, 3.63) is 53.6 Å². The number of carboxylic acid groups (broad SMARTS) is 1. The molecule has 2 aromatic rings. The van der Waals surface area contributed by atoms with Gasteiger partial charge in [0.2, 0.25) is 0 Å². The molecule has 4 heteroatoms. The van der Waals surface area contributed by atoms with E-state index in [4.69, 9.17) is 14.6 Å². The van der Waals surface area contributed by atoms with Gasteiger partial charge < -0.3 is 14.6 Å². The Labute approximate surface area is 110 Å². The summed E-state index contributed by atoms with van der Waals surface area (Å²) in [4.78, 5) is 10.5. The van der Waals surface area contributed by atoms with E-state index in [2.05, 4.69) is 0 Å². The highest BCUT2D eigenvalue weighted by Gasteiger charge is 2.17. The van der Waals surface area contributed by atoms with E-state index in [0.717, 1.165) is 29.0 Å². The summed E-state index contributed by atoms with van der Waals surface area (Å²) in [6.07, 6.45) is 0.760. The van der Waals surface area contributed by atoms with E-state index in [9.17, 15) is 4.79 Å². The molecular formula is C15H12O4. The van der Waals surface area contributed by atoms with Crippen molar-refractivity contribution < 1.29 is 19.4 Å². The van der Waals surface area contributed by atoms with Gasteiger partial charge in [0.05, 0.1) is 0 Å². The second-order valence-corrected chi connectivity index (χ2v) is 4.34. The predicted molar refractivity (Wildman–Crippen MR) is 68.9 cm³/mol. The maximum Gasteiger partial charge on any atom is 0.341 e. The van der Waals surface area contributed by atoms with Gasteiger partial charge in [0.15, 0.2) is 6.61 Å². The lowest BCUT2D eigenvalue weighted by Crippen LogP contribution is -2.10. The van der Waals surface area contributed by atoms with Crippen LogP contribution in [0.4, 0.5) is 0 Å². The molecule has 0 unspecified atom stereocenters. The van der Waals surface area contributed by atoms with Crippen LogP contribution in [-0.4, -0.2) is 17.7 Å². The summed E-state index contributed by atoms with van der Waals surface area (Å²) in [5.41, 5.74) is 2.12. The van der Waals surface area contributed by atoms with Crippen LogP contribution >= 0.6 is 0 Å². The van der Waals surface area contributed by atoms with Gasteiger partial charge in [-0.1, -0.05) is 18.2 Å². The normalized spacial score (nSPS) is 12.0. The van der Waals surface area contributed by atoms with Gasteiger partial charge in [-0.25, -0.2) is 4.79 Å². The second-order valence-electron chi connectivity index (χ2n) is 4.34. The lowest BCUT2D eigenvalue weighted by molar-refractivity contribution is -0.139. The summed E-state index contributed by atoms with van der Waals surface area (Å²) in [7, 11) is 0. The highest BCUT2D eigenvalue weighted by Crippen LogP contribution is 2.37. The Morgan fingerprint density at radius 3 is 2.79 bits per heavy atom. The molecule has 2 aromatic carbocycles. The maximum atomic E-state index is 10.5. The molecule has 1 N–H and O–H groups in total. The minimum Gasteiger partial charge on any atom is -0.482 e.